The lowest BCUT2D eigenvalue weighted by Gasteiger charge is -2.45. The summed E-state index contributed by atoms with van der Waals surface area (Å²) < 4.78 is 5.55. The molecular weight excluding hydrogens is 384 g/mol. The average Bonchev–Trinajstić information content (AvgIpc) is 3.38. The molecule has 1 saturated heterocycles. The van der Waals surface area contributed by atoms with Crippen LogP contribution in [0.15, 0.2) is 41.1 Å². The van der Waals surface area contributed by atoms with Crippen LogP contribution in [0.4, 0.5) is 0 Å². The number of amides is 1. The van der Waals surface area contributed by atoms with Crippen molar-refractivity contribution < 1.29 is 14.6 Å². The quantitative estimate of drug-likeness (QED) is 0.818. The predicted molar refractivity (Wildman–Crippen MR) is 111 cm³/mol. The van der Waals surface area contributed by atoms with E-state index in [1.54, 1.807) is 18.4 Å². The number of nitrogens with zero attached hydrogens (tertiary/aromatic N) is 2. The summed E-state index contributed by atoms with van der Waals surface area (Å²) in [5, 5.41) is 25.2. The standard InChI is InChI=1S/C23H26N2O3S/c1-28-21-5-3-2-4-19(21)23(27)12-16(6-8-24)10-18-13-25(14-20(18)23)22(26)11-17-7-9-29-15-17/h2-5,7,9,15-16,18,20,27H,6,10-14H2,1H3/t16-,18+,20-,23-/m1/s1. The second-order valence-corrected chi connectivity index (χ2v) is 9.05. The first kappa shape index (κ1) is 19.9. The highest BCUT2D eigenvalue weighted by Crippen LogP contribution is 2.52. The summed E-state index contributed by atoms with van der Waals surface area (Å²) in [7, 11) is 1.61. The second-order valence-electron chi connectivity index (χ2n) is 8.27. The minimum atomic E-state index is -1.10. The van der Waals surface area contributed by atoms with E-state index in [0.717, 1.165) is 17.5 Å². The number of aliphatic hydroxyl groups is 1. The number of methoxy groups -OCH3 is 1. The SMILES string of the molecule is COc1ccccc1[C@]1(O)C[C@H](CC#N)C[C@H]2CN(C(=O)Cc3ccsc3)C[C@H]21. The van der Waals surface area contributed by atoms with E-state index in [4.69, 9.17) is 4.74 Å². The van der Waals surface area contributed by atoms with E-state index >= 15 is 0 Å². The molecule has 6 heteroatoms. The van der Waals surface area contributed by atoms with Gasteiger partial charge in [0.15, 0.2) is 0 Å². The molecule has 1 amide bonds. The molecule has 29 heavy (non-hydrogen) atoms. The Bertz CT molecular complexity index is 907. The normalized spacial score (nSPS) is 28.6. The summed E-state index contributed by atoms with van der Waals surface area (Å²) >= 11 is 1.60. The van der Waals surface area contributed by atoms with Gasteiger partial charge in [-0.3, -0.25) is 4.79 Å². The molecule has 1 saturated carbocycles. The minimum Gasteiger partial charge on any atom is -0.496 e. The summed E-state index contributed by atoms with van der Waals surface area (Å²) in [5.41, 5.74) is 0.707. The summed E-state index contributed by atoms with van der Waals surface area (Å²) in [6.07, 6.45) is 2.22. The van der Waals surface area contributed by atoms with Crippen LogP contribution in [0.25, 0.3) is 0 Å². The number of ether oxygens (including phenoxy) is 1. The van der Waals surface area contributed by atoms with E-state index < -0.39 is 5.60 Å². The van der Waals surface area contributed by atoms with Crippen molar-refractivity contribution in [3.8, 4) is 11.8 Å². The third-order valence-corrected chi connectivity index (χ3v) is 7.26. The third kappa shape index (κ3) is 3.77. The van der Waals surface area contributed by atoms with E-state index in [2.05, 4.69) is 6.07 Å². The van der Waals surface area contributed by atoms with Crippen LogP contribution < -0.4 is 4.74 Å². The van der Waals surface area contributed by atoms with Crippen molar-refractivity contribution in [2.75, 3.05) is 20.2 Å². The lowest BCUT2D eigenvalue weighted by Crippen LogP contribution is -2.46. The molecule has 0 bridgehead atoms. The number of hydrogen-bond donors (Lipinski definition) is 1. The van der Waals surface area contributed by atoms with Gasteiger partial charge in [0.1, 0.15) is 5.75 Å². The topological polar surface area (TPSA) is 73.6 Å². The maximum atomic E-state index is 12.9. The van der Waals surface area contributed by atoms with E-state index in [9.17, 15) is 15.2 Å². The number of benzene rings is 1. The molecule has 1 N–H and O–H groups in total. The lowest BCUT2D eigenvalue weighted by atomic mass is 9.63. The largest absolute Gasteiger partial charge is 0.496 e. The molecule has 0 spiro atoms. The molecule has 0 radical (unpaired) electrons. The molecular formula is C23H26N2O3S. The van der Waals surface area contributed by atoms with Crippen molar-refractivity contribution in [3.63, 3.8) is 0 Å². The van der Waals surface area contributed by atoms with Gasteiger partial charge in [-0.1, -0.05) is 18.2 Å². The monoisotopic (exact) mass is 410 g/mol. The Morgan fingerprint density at radius 2 is 2.21 bits per heavy atom. The van der Waals surface area contributed by atoms with Gasteiger partial charge in [-0.05, 0) is 53.1 Å². The zero-order valence-electron chi connectivity index (χ0n) is 16.6. The van der Waals surface area contributed by atoms with Crippen LogP contribution in [0.3, 0.4) is 0 Å². The first-order valence-electron chi connectivity index (χ1n) is 10.1. The van der Waals surface area contributed by atoms with Crippen molar-refractivity contribution in [3.05, 3.63) is 52.2 Å². The molecule has 152 valence electrons. The van der Waals surface area contributed by atoms with E-state index in [0.29, 0.717) is 38.1 Å². The van der Waals surface area contributed by atoms with Crippen molar-refractivity contribution in [2.45, 2.75) is 31.3 Å². The first-order valence-corrected chi connectivity index (χ1v) is 11.0. The zero-order chi connectivity index (χ0) is 20.4. The second kappa shape index (κ2) is 8.17. The van der Waals surface area contributed by atoms with Gasteiger partial charge in [0.2, 0.25) is 5.91 Å². The molecule has 1 aromatic carbocycles. The average molecular weight is 411 g/mol. The molecule has 2 aromatic rings. The van der Waals surface area contributed by atoms with Gasteiger partial charge in [0.05, 0.1) is 25.2 Å². The van der Waals surface area contributed by atoms with Crippen molar-refractivity contribution in [2.24, 2.45) is 17.8 Å². The van der Waals surface area contributed by atoms with Crippen LogP contribution in [-0.2, 0) is 16.8 Å². The van der Waals surface area contributed by atoms with Crippen LogP contribution in [-0.4, -0.2) is 36.1 Å². The van der Waals surface area contributed by atoms with Gasteiger partial charge in [-0.15, -0.1) is 0 Å². The van der Waals surface area contributed by atoms with Gasteiger partial charge in [-0.2, -0.15) is 16.6 Å². The van der Waals surface area contributed by atoms with Crippen molar-refractivity contribution >= 4 is 17.2 Å². The highest BCUT2D eigenvalue weighted by molar-refractivity contribution is 7.08. The molecule has 1 aromatic heterocycles. The number of likely N-dealkylation sites (tertiary alicyclic amines) is 1. The van der Waals surface area contributed by atoms with Gasteiger partial charge in [0, 0.05) is 31.0 Å². The molecule has 2 aliphatic rings. The smallest absolute Gasteiger partial charge is 0.227 e. The van der Waals surface area contributed by atoms with Gasteiger partial charge < -0.3 is 14.7 Å². The van der Waals surface area contributed by atoms with Gasteiger partial charge >= 0.3 is 0 Å². The van der Waals surface area contributed by atoms with E-state index in [-0.39, 0.29) is 23.7 Å². The van der Waals surface area contributed by atoms with Crippen molar-refractivity contribution in [1.29, 1.82) is 5.26 Å². The summed E-state index contributed by atoms with van der Waals surface area (Å²) in [5.74, 6) is 1.01. The molecule has 0 unspecified atom stereocenters. The highest BCUT2D eigenvalue weighted by atomic mass is 32.1. The van der Waals surface area contributed by atoms with Crippen LogP contribution in [0.2, 0.25) is 0 Å². The number of rotatable bonds is 5. The van der Waals surface area contributed by atoms with E-state index in [1.165, 1.54) is 0 Å². The number of thiophene rings is 1. The molecule has 4 rings (SSSR count). The summed E-state index contributed by atoms with van der Waals surface area (Å²) in [6, 6.07) is 11.8. The van der Waals surface area contributed by atoms with Gasteiger partial charge in [-0.25, -0.2) is 0 Å². The number of para-hydroxylation sites is 1. The first-order chi connectivity index (χ1) is 14.0. The zero-order valence-corrected chi connectivity index (χ0v) is 17.4. The molecule has 2 fully saturated rings. The number of carbonyl (C=O) groups excluding carboxylic acids is 1. The Labute approximate surface area is 175 Å². The lowest BCUT2D eigenvalue weighted by molar-refractivity contribution is -0.130. The number of nitriles is 1. The third-order valence-electron chi connectivity index (χ3n) is 6.53. The molecule has 1 aliphatic heterocycles. The maximum Gasteiger partial charge on any atom is 0.227 e. The van der Waals surface area contributed by atoms with E-state index in [1.807, 2.05) is 46.0 Å². The number of hydrogen-bond acceptors (Lipinski definition) is 5. The molecule has 5 nitrogen and oxygen atoms in total. The Balaban J connectivity index is 1.63. The Hall–Kier alpha value is -2.36. The Morgan fingerprint density at radius 3 is 2.93 bits per heavy atom. The summed E-state index contributed by atoms with van der Waals surface area (Å²) in [4.78, 5) is 14.8. The molecule has 2 heterocycles. The van der Waals surface area contributed by atoms with Crippen LogP contribution >= 0.6 is 11.3 Å². The fourth-order valence-corrected chi connectivity index (χ4v) is 5.90. The van der Waals surface area contributed by atoms with Gasteiger partial charge in [0.25, 0.3) is 0 Å². The number of fused-ring (bicyclic) bond motifs is 1. The number of carbonyl (C=O) groups is 1. The predicted octanol–water partition coefficient (Wildman–Crippen LogP) is 3.59. The minimum absolute atomic E-state index is 0.0554. The fourth-order valence-electron chi connectivity index (χ4n) is 5.23. The molecule has 1 aliphatic carbocycles. The van der Waals surface area contributed by atoms with Crippen molar-refractivity contribution in [1.82, 2.24) is 4.90 Å². The maximum absolute atomic E-state index is 12.9. The Morgan fingerprint density at radius 1 is 1.38 bits per heavy atom. The fraction of sp³-hybridized carbons (Fsp3) is 0.478. The summed E-state index contributed by atoms with van der Waals surface area (Å²) in [6.45, 7) is 1.19. The molecule has 4 atom stereocenters. The highest BCUT2D eigenvalue weighted by Gasteiger charge is 2.53. The Kier molecular flexibility index (Phi) is 5.62. The van der Waals surface area contributed by atoms with Crippen LogP contribution in [0, 0.1) is 29.1 Å². The van der Waals surface area contributed by atoms with Crippen LogP contribution in [0.1, 0.15) is 30.4 Å². The van der Waals surface area contributed by atoms with Crippen LogP contribution in [0.5, 0.6) is 5.75 Å².